The van der Waals surface area contributed by atoms with Gasteiger partial charge in [-0.25, -0.2) is 4.79 Å². The molecule has 0 heterocycles. The Hall–Kier alpha value is -1.80. The molecular weight excluding hydrogens is 332 g/mol. The second-order valence-corrected chi connectivity index (χ2v) is 7.42. The Balaban J connectivity index is 2.98. The molecule has 136 valence electrons. The lowest BCUT2D eigenvalue weighted by Crippen LogP contribution is -2.44. The van der Waals surface area contributed by atoms with E-state index in [0.717, 1.165) is 0 Å². The van der Waals surface area contributed by atoms with Crippen LogP contribution in [0.3, 0.4) is 0 Å². The zero-order chi connectivity index (χ0) is 18.2. The van der Waals surface area contributed by atoms with Crippen LogP contribution in [0.2, 0.25) is 0 Å². The summed E-state index contributed by atoms with van der Waals surface area (Å²) in [4.78, 5) is 13.9. The highest BCUT2D eigenvalue weighted by Gasteiger charge is 2.18. The molecule has 1 aromatic carbocycles. The van der Waals surface area contributed by atoms with Crippen molar-refractivity contribution < 1.29 is 22.1 Å². The summed E-state index contributed by atoms with van der Waals surface area (Å²) in [7, 11) is -2.07. The molecule has 1 N–H and O–H groups in total. The molecule has 0 unspecified atom stereocenters. The third-order valence-corrected chi connectivity index (χ3v) is 4.31. The first-order chi connectivity index (χ1) is 11.3. The quantitative estimate of drug-likeness (QED) is 0.682. The van der Waals surface area contributed by atoms with Crippen molar-refractivity contribution in [2.24, 2.45) is 0 Å². The van der Waals surface area contributed by atoms with Crippen molar-refractivity contribution in [3.8, 4) is 5.75 Å². The van der Waals surface area contributed by atoms with Crippen LogP contribution < -0.4 is 9.50 Å². The number of nitrogens with zero attached hydrogens (tertiary/aromatic N) is 1. The normalized spacial score (nSPS) is 11.4. The van der Waals surface area contributed by atoms with Crippen molar-refractivity contribution in [3.05, 3.63) is 29.8 Å². The minimum absolute atomic E-state index is 0.00509. The molecule has 0 saturated heterocycles. The number of hydrogen-bond acceptors (Lipinski definition) is 5. The summed E-state index contributed by atoms with van der Waals surface area (Å²) in [6, 6.07) is 6.54. The fourth-order valence-electron chi connectivity index (χ4n) is 1.91. The van der Waals surface area contributed by atoms with Gasteiger partial charge in [0.1, 0.15) is 5.75 Å². The maximum absolute atomic E-state index is 12.3. The van der Waals surface area contributed by atoms with Crippen LogP contribution >= 0.6 is 0 Å². The number of rotatable bonds is 9. The monoisotopic (exact) mass is 358 g/mol. The van der Waals surface area contributed by atoms with Gasteiger partial charge in [0.05, 0.1) is 18.9 Å². The van der Waals surface area contributed by atoms with Crippen LogP contribution in [0, 0.1) is 0 Å². The number of para-hydroxylation sites is 1. The minimum Gasteiger partial charge on any atom is -0.383 e. The molecule has 1 aromatic rings. The summed E-state index contributed by atoms with van der Waals surface area (Å²) in [6.07, 6.45) is 0. The van der Waals surface area contributed by atoms with Crippen molar-refractivity contribution in [2.75, 3.05) is 26.0 Å². The van der Waals surface area contributed by atoms with E-state index in [4.69, 9.17) is 8.92 Å². The fraction of sp³-hybridized carbons (Fsp3) is 0.562. The average molecular weight is 358 g/mol. The van der Waals surface area contributed by atoms with Crippen molar-refractivity contribution in [3.63, 3.8) is 0 Å². The van der Waals surface area contributed by atoms with Gasteiger partial charge in [0, 0.05) is 25.3 Å². The predicted octanol–water partition coefficient (Wildman–Crippen LogP) is 1.98. The van der Waals surface area contributed by atoms with Crippen molar-refractivity contribution in [1.82, 2.24) is 10.2 Å². The number of urea groups is 1. The van der Waals surface area contributed by atoms with E-state index in [1.54, 1.807) is 36.3 Å². The number of benzene rings is 1. The van der Waals surface area contributed by atoms with Gasteiger partial charge in [-0.3, -0.25) is 0 Å². The second-order valence-electron chi connectivity index (χ2n) is 5.56. The highest BCUT2D eigenvalue weighted by Crippen LogP contribution is 2.22. The van der Waals surface area contributed by atoms with E-state index in [1.807, 2.05) is 13.8 Å². The van der Waals surface area contributed by atoms with Crippen molar-refractivity contribution >= 4 is 16.1 Å². The van der Waals surface area contributed by atoms with E-state index in [-0.39, 0.29) is 30.1 Å². The first-order valence-electron chi connectivity index (χ1n) is 7.83. The molecule has 0 fully saturated rings. The van der Waals surface area contributed by atoms with E-state index >= 15 is 0 Å². The van der Waals surface area contributed by atoms with Gasteiger partial charge in [-0.2, -0.15) is 8.42 Å². The lowest BCUT2D eigenvalue weighted by Gasteiger charge is -2.25. The first kappa shape index (κ1) is 20.2. The third kappa shape index (κ3) is 6.76. The lowest BCUT2D eigenvalue weighted by atomic mass is 10.2. The van der Waals surface area contributed by atoms with Crippen LogP contribution in [0.25, 0.3) is 0 Å². The fourth-order valence-corrected chi connectivity index (χ4v) is 2.46. The number of hydrogen-bond donors (Lipinski definition) is 1. The zero-order valence-electron chi connectivity index (χ0n) is 14.6. The van der Waals surface area contributed by atoms with Crippen LogP contribution in [0.5, 0.6) is 5.75 Å². The number of ether oxygens (including phenoxy) is 1. The Morgan fingerprint density at radius 1 is 1.29 bits per heavy atom. The molecule has 0 bridgehead atoms. The lowest BCUT2D eigenvalue weighted by molar-refractivity contribution is 0.145. The molecule has 0 aromatic heterocycles. The van der Waals surface area contributed by atoms with Gasteiger partial charge in [-0.1, -0.05) is 18.2 Å². The number of amides is 2. The molecule has 2 amide bonds. The molecule has 0 aliphatic carbocycles. The zero-order valence-corrected chi connectivity index (χ0v) is 15.4. The predicted molar refractivity (Wildman–Crippen MR) is 92.5 cm³/mol. The van der Waals surface area contributed by atoms with Crippen LogP contribution in [-0.4, -0.2) is 51.4 Å². The molecule has 1 rings (SSSR count). The van der Waals surface area contributed by atoms with Gasteiger partial charge in [0.25, 0.3) is 0 Å². The number of nitrogens with one attached hydrogen (secondary N) is 1. The van der Waals surface area contributed by atoms with E-state index in [1.165, 1.54) is 6.92 Å². The Morgan fingerprint density at radius 3 is 2.54 bits per heavy atom. The van der Waals surface area contributed by atoms with Crippen LogP contribution in [0.15, 0.2) is 24.3 Å². The Bertz CT molecular complexity index is 631. The molecule has 24 heavy (non-hydrogen) atoms. The molecule has 0 spiro atoms. The van der Waals surface area contributed by atoms with Gasteiger partial charge in [0.2, 0.25) is 0 Å². The van der Waals surface area contributed by atoms with E-state index in [0.29, 0.717) is 18.7 Å². The van der Waals surface area contributed by atoms with Gasteiger partial charge in [0.15, 0.2) is 0 Å². The topological polar surface area (TPSA) is 84.9 Å². The highest BCUT2D eigenvalue weighted by molar-refractivity contribution is 7.87. The van der Waals surface area contributed by atoms with Crippen molar-refractivity contribution in [1.29, 1.82) is 0 Å². The Morgan fingerprint density at radius 2 is 1.96 bits per heavy atom. The van der Waals surface area contributed by atoms with Crippen molar-refractivity contribution in [2.45, 2.75) is 33.4 Å². The Labute approximate surface area is 144 Å². The number of methoxy groups -OCH3 is 1. The van der Waals surface area contributed by atoms with Crippen LogP contribution in [0.1, 0.15) is 26.3 Å². The summed E-state index contributed by atoms with van der Waals surface area (Å²) >= 11 is 0. The van der Waals surface area contributed by atoms with E-state index < -0.39 is 10.1 Å². The van der Waals surface area contributed by atoms with E-state index in [9.17, 15) is 13.2 Å². The molecule has 0 radical (unpaired) electrons. The smallest absolute Gasteiger partial charge is 0.317 e. The Kier molecular flexibility index (Phi) is 8.00. The van der Waals surface area contributed by atoms with Gasteiger partial charge >= 0.3 is 16.1 Å². The first-order valence-corrected chi connectivity index (χ1v) is 9.41. The van der Waals surface area contributed by atoms with Crippen LogP contribution in [-0.2, 0) is 21.4 Å². The SMILES string of the molecule is CCS(=O)(=O)Oc1ccccc1CN(CCOC)C(=O)NC(C)C. The number of carbonyl (C=O) groups excluding carboxylic acids is 1. The molecule has 0 atom stereocenters. The molecule has 0 saturated carbocycles. The summed E-state index contributed by atoms with van der Waals surface area (Å²) in [6.45, 7) is 6.23. The maximum Gasteiger partial charge on any atom is 0.317 e. The number of carbonyl (C=O) groups is 1. The van der Waals surface area contributed by atoms with Crippen LogP contribution in [0.4, 0.5) is 4.79 Å². The molecule has 0 aliphatic rings. The summed E-state index contributed by atoms with van der Waals surface area (Å²) in [5.41, 5.74) is 0.615. The summed E-state index contributed by atoms with van der Waals surface area (Å²) in [5.74, 6) is 0.113. The summed E-state index contributed by atoms with van der Waals surface area (Å²) in [5, 5.41) is 2.82. The van der Waals surface area contributed by atoms with Gasteiger partial charge in [-0.15, -0.1) is 0 Å². The third-order valence-electron chi connectivity index (χ3n) is 3.17. The van der Waals surface area contributed by atoms with Gasteiger partial charge in [-0.05, 0) is 26.8 Å². The largest absolute Gasteiger partial charge is 0.383 e. The molecule has 7 nitrogen and oxygen atoms in total. The average Bonchev–Trinajstić information content (AvgIpc) is 2.52. The molecule has 8 heteroatoms. The highest BCUT2D eigenvalue weighted by atomic mass is 32.2. The standard InChI is InChI=1S/C16H26N2O5S/c1-5-24(20,21)23-15-9-7-6-8-14(15)12-18(10-11-22-4)16(19)17-13(2)3/h6-9,13H,5,10-12H2,1-4H3,(H,17,19). The minimum atomic E-state index is -3.63. The van der Waals surface area contributed by atoms with E-state index in [2.05, 4.69) is 5.32 Å². The molecule has 0 aliphatic heterocycles. The molecular formula is C16H26N2O5S. The maximum atomic E-state index is 12.3. The summed E-state index contributed by atoms with van der Waals surface area (Å²) < 4.78 is 33.6. The second kappa shape index (κ2) is 9.48. The van der Waals surface area contributed by atoms with Gasteiger partial charge < -0.3 is 19.1 Å².